The quantitative estimate of drug-likeness (QED) is 0.792. The molecule has 3 nitrogen and oxygen atoms in total. The molecule has 20 heavy (non-hydrogen) atoms. The van der Waals surface area contributed by atoms with Crippen molar-refractivity contribution >= 4 is 5.78 Å². The molecule has 0 unspecified atom stereocenters. The van der Waals surface area contributed by atoms with Crippen LogP contribution in [0.1, 0.15) is 32.9 Å². The fourth-order valence-electron chi connectivity index (χ4n) is 1.75. The third-order valence-electron chi connectivity index (χ3n) is 2.82. The average molecular weight is 280 g/mol. The Labute approximate surface area is 113 Å². The van der Waals surface area contributed by atoms with E-state index in [1.807, 2.05) is 0 Å². The van der Waals surface area contributed by atoms with E-state index in [2.05, 4.69) is 10.2 Å². The van der Waals surface area contributed by atoms with E-state index < -0.39 is 11.7 Å². The van der Waals surface area contributed by atoms with Crippen LogP contribution in [-0.2, 0) is 6.18 Å². The van der Waals surface area contributed by atoms with Gasteiger partial charge in [0.15, 0.2) is 5.78 Å². The standard InChI is InChI=1S/C14H11F3N2O/c1-8-7-12(9(2)19-18-8)13(20)10-3-5-11(6-4-10)14(15,16)17/h3-7H,1-2H3. The minimum absolute atomic E-state index is 0.188. The third kappa shape index (κ3) is 2.84. The molecule has 1 heterocycles. The number of alkyl halides is 3. The summed E-state index contributed by atoms with van der Waals surface area (Å²) in [6.07, 6.45) is -4.41. The van der Waals surface area contributed by atoms with Crippen molar-refractivity contribution in [1.29, 1.82) is 0 Å². The smallest absolute Gasteiger partial charge is 0.289 e. The molecule has 104 valence electrons. The highest BCUT2D eigenvalue weighted by Gasteiger charge is 2.30. The van der Waals surface area contributed by atoms with Gasteiger partial charge >= 0.3 is 6.18 Å². The predicted octanol–water partition coefficient (Wildman–Crippen LogP) is 3.34. The molecule has 0 bridgehead atoms. The van der Waals surface area contributed by atoms with Crippen molar-refractivity contribution in [2.45, 2.75) is 20.0 Å². The molecule has 0 radical (unpaired) electrons. The minimum atomic E-state index is -4.41. The maximum Gasteiger partial charge on any atom is 0.416 e. The molecule has 0 aliphatic carbocycles. The first kappa shape index (κ1) is 14.2. The number of halogens is 3. The highest BCUT2D eigenvalue weighted by atomic mass is 19.4. The highest BCUT2D eigenvalue weighted by molar-refractivity contribution is 6.09. The molecule has 0 saturated carbocycles. The number of hydrogen-bond donors (Lipinski definition) is 0. The molecular weight excluding hydrogens is 269 g/mol. The Morgan fingerprint density at radius 1 is 1.05 bits per heavy atom. The number of carbonyl (C=O) groups excluding carboxylic acids is 1. The molecule has 6 heteroatoms. The number of aromatic nitrogens is 2. The van der Waals surface area contributed by atoms with Gasteiger partial charge in [-0.05, 0) is 32.0 Å². The van der Waals surface area contributed by atoms with Gasteiger partial charge in [0, 0.05) is 11.1 Å². The van der Waals surface area contributed by atoms with E-state index in [1.54, 1.807) is 19.9 Å². The zero-order valence-electron chi connectivity index (χ0n) is 10.8. The van der Waals surface area contributed by atoms with E-state index in [0.29, 0.717) is 17.0 Å². The normalized spacial score (nSPS) is 11.4. The topological polar surface area (TPSA) is 42.9 Å². The van der Waals surface area contributed by atoms with E-state index >= 15 is 0 Å². The average Bonchev–Trinajstić information content (AvgIpc) is 2.40. The maximum atomic E-state index is 12.5. The molecule has 0 spiro atoms. The second kappa shape index (κ2) is 5.03. The van der Waals surface area contributed by atoms with Crippen LogP contribution in [0.2, 0.25) is 0 Å². The first-order valence-corrected chi connectivity index (χ1v) is 5.82. The van der Waals surface area contributed by atoms with Gasteiger partial charge in [-0.15, -0.1) is 0 Å². The summed E-state index contributed by atoms with van der Waals surface area (Å²) in [6.45, 7) is 3.32. The van der Waals surface area contributed by atoms with Gasteiger partial charge in [-0.1, -0.05) is 12.1 Å². The molecule has 0 amide bonds. The zero-order valence-corrected chi connectivity index (χ0v) is 10.8. The number of benzene rings is 1. The number of carbonyl (C=O) groups is 1. The van der Waals surface area contributed by atoms with E-state index in [1.165, 1.54) is 12.1 Å². The third-order valence-corrected chi connectivity index (χ3v) is 2.82. The van der Waals surface area contributed by atoms with Gasteiger partial charge in [0.2, 0.25) is 0 Å². The predicted molar refractivity (Wildman–Crippen MR) is 66.4 cm³/mol. The molecule has 0 aliphatic heterocycles. The van der Waals surface area contributed by atoms with Crippen LogP contribution in [0.3, 0.4) is 0 Å². The summed E-state index contributed by atoms with van der Waals surface area (Å²) in [5.74, 6) is -0.366. The van der Waals surface area contributed by atoms with Crippen molar-refractivity contribution in [2.24, 2.45) is 0 Å². The van der Waals surface area contributed by atoms with Crippen molar-refractivity contribution in [3.05, 3.63) is 58.4 Å². The van der Waals surface area contributed by atoms with Gasteiger partial charge in [-0.25, -0.2) is 0 Å². The second-order valence-corrected chi connectivity index (χ2v) is 4.39. The van der Waals surface area contributed by atoms with Gasteiger partial charge in [0.05, 0.1) is 17.0 Å². The van der Waals surface area contributed by atoms with E-state index in [-0.39, 0.29) is 11.3 Å². The van der Waals surface area contributed by atoms with Crippen LogP contribution < -0.4 is 0 Å². The summed E-state index contributed by atoms with van der Waals surface area (Å²) in [7, 11) is 0. The van der Waals surface area contributed by atoms with Crippen molar-refractivity contribution < 1.29 is 18.0 Å². The van der Waals surface area contributed by atoms with Crippen molar-refractivity contribution in [1.82, 2.24) is 10.2 Å². The first-order chi connectivity index (χ1) is 9.29. The molecule has 1 aromatic carbocycles. The van der Waals surface area contributed by atoms with Crippen molar-refractivity contribution in [3.8, 4) is 0 Å². The fraction of sp³-hybridized carbons (Fsp3) is 0.214. The minimum Gasteiger partial charge on any atom is -0.289 e. The Balaban J connectivity index is 2.37. The van der Waals surface area contributed by atoms with Crippen LogP contribution >= 0.6 is 0 Å². The highest BCUT2D eigenvalue weighted by Crippen LogP contribution is 2.29. The zero-order chi connectivity index (χ0) is 14.9. The van der Waals surface area contributed by atoms with Crippen LogP contribution in [0.15, 0.2) is 30.3 Å². The van der Waals surface area contributed by atoms with Gasteiger partial charge in [0.1, 0.15) is 0 Å². The number of hydrogen-bond acceptors (Lipinski definition) is 3. The molecule has 0 aliphatic rings. The van der Waals surface area contributed by atoms with Gasteiger partial charge < -0.3 is 0 Å². The molecule has 0 fully saturated rings. The molecule has 0 saturated heterocycles. The fourth-order valence-corrected chi connectivity index (χ4v) is 1.75. The van der Waals surface area contributed by atoms with Crippen LogP contribution in [0.25, 0.3) is 0 Å². The lowest BCUT2D eigenvalue weighted by molar-refractivity contribution is -0.137. The Morgan fingerprint density at radius 3 is 2.20 bits per heavy atom. The molecule has 0 N–H and O–H groups in total. The van der Waals surface area contributed by atoms with Crippen LogP contribution in [-0.4, -0.2) is 16.0 Å². The number of ketones is 1. The van der Waals surface area contributed by atoms with E-state index in [9.17, 15) is 18.0 Å². The maximum absolute atomic E-state index is 12.5. The van der Waals surface area contributed by atoms with E-state index in [4.69, 9.17) is 0 Å². The molecular formula is C14H11F3N2O. The Morgan fingerprint density at radius 2 is 1.65 bits per heavy atom. The summed E-state index contributed by atoms with van der Waals surface area (Å²) in [5.41, 5.74) is 0.770. The second-order valence-electron chi connectivity index (χ2n) is 4.39. The summed E-state index contributed by atoms with van der Waals surface area (Å²) in [4.78, 5) is 12.2. The monoisotopic (exact) mass is 280 g/mol. The summed E-state index contributed by atoms with van der Waals surface area (Å²) < 4.78 is 37.4. The first-order valence-electron chi connectivity index (χ1n) is 5.82. The Kier molecular flexibility index (Phi) is 3.57. The molecule has 1 aromatic heterocycles. The van der Waals surface area contributed by atoms with Crippen LogP contribution in [0.4, 0.5) is 13.2 Å². The van der Waals surface area contributed by atoms with Crippen LogP contribution in [0.5, 0.6) is 0 Å². The van der Waals surface area contributed by atoms with Crippen molar-refractivity contribution in [2.75, 3.05) is 0 Å². The lowest BCUT2D eigenvalue weighted by atomic mass is 10.0. The number of rotatable bonds is 2. The van der Waals surface area contributed by atoms with Gasteiger partial charge in [-0.3, -0.25) is 4.79 Å². The summed E-state index contributed by atoms with van der Waals surface area (Å²) in [6, 6.07) is 5.69. The van der Waals surface area contributed by atoms with Crippen molar-refractivity contribution in [3.63, 3.8) is 0 Å². The largest absolute Gasteiger partial charge is 0.416 e. The molecule has 2 rings (SSSR count). The lowest BCUT2D eigenvalue weighted by Gasteiger charge is -2.08. The Bertz CT molecular complexity index is 648. The lowest BCUT2D eigenvalue weighted by Crippen LogP contribution is -2.09. The van der Waals surface area contributed by atoms with E-state index in [0.717, 1.165) is 12.1 Å². The summed E-state index contributed by atoms with van der Waals surface area (Å²) >= 11 is 0. The molecule has 0 atom stereocenters. The Hall–Kier alpha value is -2.24. The SMILES string of the molecule is Cc1cc(C(=O)c2ccc(C(F)(F)F)cc2)c(C)nn1. The van der Waals surface area contributed by atoms with Crippen LogP contribution in [0, 0.1) is 13.8 Å². The number of nitrogens with zero attached hydrogens (tertiary/aromatic N) is 2. The summed E-state index contributed by atoms with van der Waals surface area (Å²) in [5, 5.41) is 7.64. The molecule has 2 aromatic rings. The van der Waals surface area contributed by atoms with Gasteiger partial charge in [-0.2, -0.15) is 23.4 Å². The number of aryl methyl sites for hydroxylation is 2. The van der Waals surface area contributed by atoms with Gasteiger partial charge in [0.25, 0.3) is 0 Å².